The summed E-state index contributed by atoms with van der Waals surface area (Å²) in [5.41, 5.74) is 6.43. The Morgan fingerprint density at radius 3 is 2.58 bits per heavy atom. The number of aryl methyl sites for hydroxylation is 1. The highest BCUT2D eigenvalue weighted by Gasteiger charge is 2.04. The molecule has 1 heterocycles. The van der Waals surface area contributed by atoms with E-state index in [2.05, 4.69) is 18.8 Å². The second kappa shape index (κ2) is 3.30. The molecule has 0 unspecified atom stereocenters. The normalized spacial score (nSPS) is 10.7. The number of hydrogen-bond acceptors (Lipinski definition) is 2. The predicted molar refractivity (Wildman–Crippen MR) is 54.2 cm³/mol. The van der Waals surface area contributed by atoms with E-state index in [0.717, 1.165) is 5.56 Å². The summed E-state index contributed by atoms with van der Waals surface area (Å²) in [7, 11) is 0. The van der Waals surface area contributed by atoms with Crippen LogP contribution in [-0.4, -0.2) is 5.54 Å². The first-order valence-electron chi connectivity index (χ1n) is 3.85. The molecular weight excluding hydrogens is 166 g/mol. The Hall–Kier alpha value is -0.780. The van der Waals surface area contributed by atoms with Crippen molar-refractivity contribution in [2.75, 3.05) is 0 Å². The Morgan fingerprint density at radius 2 is 2.17 bits per heavy atom. The number of rotatable bonds is 0. The molecule has 2 N–H and O–H groups in total. The fourth-order valence-corrected chi connectivity index (χ4v) is 1.40. The van der Waals surface area contributed by atoms with Crippen LogP contribution in [0, 0.1) is 18.8 Å². The van der Waals surface area contributed by atoms with Crippen molar-refractivity contribution in [1.29, 1.82) is 0 Å². The minimum atomic E-state index is -0.394. The largest absolute Gasteiger partial charge is 0.316 e. The first-order valence-corrected chi connectivity index (χ1v) is 4.73. The predicted octanol–water partition coefficient (Wildman–Crippen LogP) is 2.15. The van der Waals surface area contributed by atoms with Gasteiger partial charge in [-0.25, -0.2) is 0 Å². The van der Waals surface area contributed by atoms with Crippen molar-refractivity contribution in [3.8, 4) is 11.8 Å². The summed E-state index contributed by atoms with van der Waals surface area (Å²) in [4.78, 5) is 1.26. The molecule has 0 amide bonds. The molecule has 0 saturated carbocycles. The zero-order valence-corrected chi connectivity index (χ0v) is 8.46. The van der Waals surface area contributed by atoms with E-state index in [4.69, 9.17) is 5.73 Å². The van der Waals surface area contributed by atoms with Gasteiger partial charge in [0.25, 0.3) is 0 Å². The van der Waals surface area contributed by atoms with Gasteiger partial charge in [0, 0.05) is 10.4 Å². The van der Waals surface area contributed by atoms with Gasteiger partial charge in [0.05, 0.1) is 5.54 Å². The fraction of sp³-hybridized carbons (Fsp3) is 0.400. The van der Waals surface area contributed by atoms with Gasteiger partial charge in [0.15, 0.2) is 0 Å². The van der Waals surface area contributed by atoms with Gasteiger partial charge in [-0.2, -0.15) is 0 Å². The first kappa shape index (κ1) is 9.31. The standard InChI is InChI=1S/C10H13NS/c1-8-9(5-7-12-8)4-6-10(2,3)11/h5,7H,11H2,1-3H3. The van der Waals surface area contributed by atoms with Gasteiger partial charge < -0.3 is 5.73 Å². The average molecular weight is 179 g/mol. The quantitative estimate of drug-likeness (QED) is 0.607. The van der Waals surface area contributed by atoms with E-state index in [-0.39, 0.29) is 0 Å². The maximum Gasteiger partial charge on any atom is 0.0722 e. The van der Waals surface area contributed by atoms with E-state index < -0.39 is 5.54 Å². The van der Waals surface area contributed by atoms with Gasteiger partial charge in [0.2, 0.25) is 0 Å². The molecule has 0 aliphatic carbocycles. The van der Waals surface area contributed by atoms with Crippen molar-refractivity contribution in [3.63, 3.8) is 0 Å². The number of thiophene rings is 1. The molecular formula is C10H13NS. The molecule has 1 aromatic heterocycles. The van der Waals surface area contributed by atoms with Crippen LogP contribution in [0.2, 0.25) is 0 Å². The molecule has 2 heteroatoms. The third-order valence-corrected chi connectivity index (χ3v) is 2.22. The van der Waals surface area contributed by atoms with E-state index in [0.29, 0.717) is 0 Å². The SMILES string of the molecule is Cc1sccc1C#CC(C)(C)N. The summed E-state index contributed by atoms with van der Waals surface area (Å²) in [6.07, 6.45) is 0. The van der Waals surface area contributed by atoms with Crippen LogP contribution in [0.3, 0.4) is 0 Å². The van der Waals surface area contributed by atoms with Crippen LogP contribution in [0.4, 0.5) is 0 Å². The fourth-order valence-electron chi connectivity index (χ4n) is 0.743. The summed E-state index contributed by atoms with van der Waals surface area (Å²) in [5, 5.41) is 2.04. The molecule has 1 rings (SSSR count). The van der Waals surface area contributed by atoms with E-state index >= 15 is 0 Å². The van der Waals surface area contributed by atoms with Crippen molar-refractivity contribution in [3.05, 3.63) is 21.9 Å². The van der Waals surface area contributed by atoms with Crippen molar-refractivity contribution in [2.45, 2.75) is 26.3 Å². The molecule has 0 bridgehead atoms. The lowest BCUT2D eigenvalue weighted by molar-refractivity contribution is 0.680. The van der Waals surface area contributed by atoms with Crippen LogP contribution < -0.4 is 5.73 Å². The van der Waals surface area contributed by atoms with Gasteiger partial charge in [-0.05, 0) is 32.2 Å². The molecule has 1 nitrogen and oxygen atoms in total. The summed E-state index contributed by atoms with van der Waals surface area (Å²) < 4.78 is 0. The third-order valence-electron chi connectivity index (χ3n) is 1.38. The van der Waals surface area contributed by atoms with Crippen LogP contribution in [0.1, 0.15) is 24.3 Å². The summed E-state index contributed by atoms with van der Waals surface area (Å²) >= 11 is 1.71. The minimum Gasteiger partial charge on any atom is -0.316 e. The molecule has 1 aromatic rings. The van der Waals surface area contributed by atoms with Crippen LogP contribution in [0.15, 0.2) is 11.4 Å². The smallest absolute Gasteiger partial charge is 0.0722 e. The molecule has 0 aliphatic rings. The highest BCUT2D eigenvalue weighted by atomic mass is 32.1. The lowest BCUT2D eigenvalue weighted by Crippen LogP contribution is -2.29. The molecule has 0 aliphatic heterocycles. The van der Waals surface area contributed by atoms with Crippen molar-refractivity contribution in [2.24, 2.45) is 5.73 Å². The lowest BCUT2D eigenvalue weighted by Gasteiger charge is -2.07. The molecule has 0 spiro atoms. The third kappa shape index (κ3) is 2.69. The van der Waals surface area contributed by atoms with Crippen molar-refractivity contribution < 1.29 is 0 Å². The molecule has 0 saturated heterocycles. The second-order valence-corrected chi connectivity index (χ2v) is 4.48. The Morgan fingerprint density at radius 1 is 1.50 bits per heavy atom. The molecule has 0 radical (unpaired) electrons. The molecule has 0 fully saturated rings. The van der Waals surface area contributed by atoms with Gasteiger partial charge in [0.1, 0.15) is 0 Å². The Bertz CT molecular complexity index is 320. The van der Waals surface area contributed by atoms with E-state index in [1.54, 1.807) is 11.3 Å². The topological polar surface area (TPSA) is 26.0 Å². The number of nitrogens with two attached hydrogens (primary N) is 1. The zero-order chi connectivity index (χ0) is 9.19. The van der Waals surface area contributed by atoms with E-state index in [1.807, 2.05) is 25.3 Å². The van der Waals surface area contributed by atoms with E-state index in [9.17, 15) is 0 Å². The van der Waals surface area contributed by atoms with Crippen LogP contribution in [-0.2, 0) is 0 Å². The summed E-state index contributed by atoms with van der Waals surface area (Å²) in [5.74, 6) is 6.07. The Balaban J connectivity index is 2.87. The monoisotopic (exact) mass is 179 g/mol. The molecule has 0 atom stereocenters. The van der Waals surface area contributed by atoms with Crippen molar-refractivity contribution in [1.82, 2.24) is 0 Å². The molecule has 64 valence electrons. The van der Waals surface area contributed by atoms with Gasteiger partial charge in [-0.3, -0.25) is 0 Å². The molecule has 12 heavy (non-hydrogen) atoms. The van der Waals surface area contributed by atoms with Crippen LogP contribution in [0.25, 0.3) is 0 Å². The second-order valence-electron chi connectivity index (χ2n) is 3.36. The summed E-state index contributed by atoms with van der Waals surface area (Å²) in [6, 6.07) is 2.03. The maximum atomic E-state index is 5.73. The van der Waals surface area contributed by atoms with Crippen LogP contribution in [0.5, 0.6) is 0 Å². The highest BCUT2D eigenvalue weighted by molar-refractivity contribution is 7.10. The number of hydrogen-bond donors (Lipinski definition) is 1. The zero-order valence-electron chi connectivity index (χ0n) is 7.64. The highest BCUT2D eigenvalue weighted by Crippen LogP contribution is 2.13. The average Bonchev–Trinajstić information content (AvgIpc) is 2.29. The first-order chi connectivity index (χ1) is 5.49. The maximum absolute atomic E-state index is 5.73. The Kier molecular flexibility index (Phi) is 2.56. The van der Waals surface area contributed by atoms with Crippen molar-refractivity contribution >= 4 is 11.3 Å². The van der Waals surface area contributed by atoms with E-state index in [1.165, 1.54) is 4.88 Å². The van der Waals surface area contributed by atoms with Gasteiger partial charge >= 0.3 is 0 Å². The minimum absolute atomic E-state index is 0.394. The van der Waals surface area contributed by atoms with Gasteiger partial charge in [-0.1, -0.05) is 11.8 Å². The Labute approximate surface area is 77.6 Å². The summed E-state index contributed by atoms with van der Waals surface area (Å²) in [6.45, 7) is 5.88. The van der Waals surface area contributed by atoms with Gasteiger partial charge in [-0.15, -0.1) is 11.3 Å². The van der Waals surface area contributed by atoms with Crippen LogP contribution >= 0.6 is 11.3 Å². The molecule has 0 aromatic carbocycles. The lowest BCUT2D eigenvalue weighted by atomic mass is 10.1.